The minimum Gasteiger partial charge on any atom is -0.369 e. The van der Waals surface area contributed by atoms with Crippen LogP contribution < -0.4 is 5.73 Å². The Morgan fingerprint density at radius 3 is 2.50 bits per heavy atom. The van der Waals surface area contributed by atoms with Gasteiger partial charge >= 0.3 is 0 Å². The first-order valence-electron chi connectivity index (χ1n) is 4.21. The van der Waals surface area contributed by atoms with E-state index in [1.807, 2.05) is 0 Å². The van der Waals surface area contributed by atoms with Crippen molar-refractivity contribution < 1.29 is 4.79 Å². The molecular formula is C10H13NOS2. The third kappa shape index (κ3) is 4.07. The third-order valence-corrected chi connectivity index (χ3v) is 3.44. The van der Waals surface area contributed by atoms with Gasteiger partial charge in [0, 0.05) is 10.6 Å². The van der Waals surface area contributed by atoms with Crippen molar-refractivity contribution in [2.45, 2.75) is 10.6 Å². The second-order valence-corrected chi connectivity index (χ2v) is 4.67. The molecule has 0 atom stereocenters. The highest BCUT2D eigenvalue weighted by molar-refractivity contribution is 7.99. The van der Waals surface area contributed by atoms with E-state index in [-0.39, 0.29) is 5.91 Å². The molecule has 0 unspecified atom stereocenters. The molecule has 0 heterocycles. The van der Waals surface area contributed by atoms with Crippen LogP contribution in [0.15, 0.2) is 29.2 Å². The number of rotatable bonds is 5. The Kier molecular flexibility index (Phi) is 4.90. The van der Waals surface area contributed by atoms with Gasteiger partial charge in [0.2, 0.25) is 5.91 Å². The minimum absolute atomic E-state index is 0.254. The van der Waals surface area contributed by atoms with Gasteiger partial charge in [-0.25, -0.2) is 0 Å². The molecule has 0 aliphatic heterocycles. The molecule has 1 aromatic rings. The fourth-order valence-electron chi connectivity index (χ4n) is 0.991. The number of hydrogen-bond acceptors (Lipinski definition) is 3. The van der Waals surface area contributed by atoms with Gasteiger partial charge in [-0.15, -0.1) is 23.5 Å². The molecule has 0 fully saturated rings. The standard InChI is InChI=1S/C10H13NOS2/c1-13-9-4-2-8(3-5-9)6-14-7-10(11)12/h2-5H,6-7H2,1H3,(H2,11,12). The Labute approximate surface area is 92.6 Å². The average molecular weight is 227 g/mol. The van der Waals surface area contributed by atoms with Crippen molar-refractivity contribution in [1.29, 1.82) is 0 Å². The van der Waals surface area contributed by atoms with Crippen LogP contribution in [-0.2, 0) is 10.5 Å². The molecule has 0 aliphatic rings. The van der Waals surface area contributed by atoms with Crippen molar-refractivity contribution in [1.82, 2.24) is 0 Å². The molecule has 0 radical (unpaired) electrons. The Balaban J connectivity index is 2.40. The summed E-state index contributed by atoms with van der Waals surface area (Å²) in [4.78, 5) is 11.7. The van der Waals surface area contributed by atoms with Gasteiger partial charge in [0.05, 0.1) is 5.75 Å². The molecule has 0 spiro atoms. The zero-order chi connectivity index (χ0) is 10.4. The summed E-state index contributed by atoms with van der Waals surface area (Å²) in [6, 6.07) is 8.34. The first-order chi connectivity index (χ1) is 6.72. The predicted molar refractivity (Wildman–Crippen MR) is 63.6 cm³/mol. The monoisotopic (exact) mass is 227 g/mol. The molecule has 0 bridgehead atoms. The van der Waals surface area contributed by atoms with Crippen LogP contribution in [0.25, 0.3) is 0 Å². The molecule has 76 valence electrons. The second-order valence-electron chi connectivity index (χ2n) is 2.81. The Bertz CT molecular complexity index is 297. The van der Waals surface area contributed by atoms with Crippen molar-refractivity contribution in [3.05, 3.63) is 29.8 Å². The molecule has 2 nitrogen and oxygen atoms in total. The first-order valence-corrected chi connectivity index (χ1v) is 6.59. The fraction of sp³-hybridized carbons (Fsp3) is 0.300. The van der Waals surface area contributed by atoms with E-state index < -0.39 is 0 Å². The van der Waals surface area contributed by atoms with E-state index in [2.05, 4.69) is 30.5 Å². The maximum absolute atomic E-state index is 10.5. The lowest BCUT2D eigenvalue weighted by molar-refractivity contribution is -0.115. The van der Waals surface area contributed by atoms with Crippen LogP contribution in [0.2, 0.25) is 0 Å². The van der Waals surface area contributed by atoms with Crippen LogP contribution in [0.3, 0.4) is 0 Å². The van der Waals surface area contributed by atoms with Gasteiger partial charge in [-0.05, 0) is 24.0 Å². The Morgan fingerprint density at radius 1 is 1.36 bits per heavy atom. The normalized spacial score (nSPS) is 10.1. The summed E-state index contributed by atoms with van der Waals surface area (Å²) in [5, 5.41) is 0. The van der Waals surface area contributed by atoms with Crippen LogP contribution in [0.1, 0.15) is 5.56 Å². The minimum atomic E-state index is -0.254. The molecule has 1 aromatic carbocycles. The van der Waals surface area contributed by atoms with Gasteiger partial charge in [0.15, 0.2) is 0 Å². The highest BCUT2D eigenvalue weighted by Gasteiger charge is 1.97. The SMILES string of the molecule is CSc1ccc(CSCC(N)=O)cc1. The topological polar surface area (TPSA) is 43.1 Å². The number of hydrogen-bond donors (Lipinski definition) is 1. The average Bonchev–Trinajstić information content (AvgIpc) is 2.18. The van der Waals surface area contributed by atoms with Crippen LogP contribution in [-0.4, -0.2) is 17.9 Å². The quantitative estimate of drug-likeness (QED) is 0.784. The highest BCUT2D eigenvalue weighted by Crippen LogP contribution is 2.17. The molecule has 0 saturated heterocycles. The number of carbonyl (C=O) groups is 1. The molecule has 2 N–H and O–H groups in total. The van der Waals surface area contributed by atoms with Gasteiger partial charge in [-0.1, -0.05) is 12.1 Å². The van der Waals surface area contributed by atoms with Gasteiger partial charge in [-0.3, -0.25) is 4.79 Å². The van der Waals surface area contributed by atoms with Crippen LogP contribution in [0.4, 0.5) is 0 Å². The summed E-state index contributed by atoms with van der Waals surface area (Å²) in [5.41, 5.74) is 6.27. The second kappa shape index (κ2) is 5.98. The van der Waals surface area contributed by atoms with E-state index in [1.54, 1.807) is 23.5 Å². The molecule has 0 aromatic heterocycles. The smallest absolute Gasteiger partial charge is 0.227 e. The van der Waals surface area contributed by atoms with Gasteiger partial charge < -0.3 is 5.73 Å². The summed E-state index contributed by atoms with van der Waals surface area (Å²) < 4.78 is 0. The molecule has 0 saturated carbocycles. The number of nitrogens with two attached hydrogens (primary N) is 1. The van der Waals surface area contributed by atoms with E-state index in [0.29, 0.717) is 5.75 Å². The Hall–Kier alpha value is -0.610. The number of thioether (sulfide) groups is 2. The van der Waals surface area contributed by atoms with E-state index >= 15 is 0 Å². The number of primary amides is 1. The van der Waals surface area contributed by atoms with Crippen molar-refractivity contribution in [2.24, 2.45) is 5.73 Å². The number of benzene rings is 1. The van der Waals surface area contributed by atoms with E-state index in [9.17, 15) is 4.79 Å². The summed E-state index contributed by atoms with van der Waals surface area (Å²) >= 11 is 3.27. The fourth-order valence-corrected chi connectivity index (χ4v) is 2.13. The zero-order valence-corrected chi connectivity index (χ0v) is 9.66. The van der Waals surface area contributed by atoms with E-state index in [4.69, 9.17) is 5.73 Å². The predicted octanol–water partition coefficient (Wildman–Crippen LogP) is 2.13. The summed E-state index contributed by atoms with van der Waals surface area (Å²) in [6.45, 7) is 0. The van der Waals surface area contributed by atoms with Crippen molar-refractivity contribution in [3.63, 3.8) is 0 Å². The third-order valence-electron chi connectivity index (χ3n) is 1.67. The van der Waals surface area contributed by atoms with Crippen LogP contribution in [0, 0.1) is 0 Å². The lowest BCUT2D eigenvalue weighted by Gasteiger charge is -2.01. The first kappa shape index (κ1) is 11.5. The van der Waals surface area contributed by atoms with E-state index in [0.717, 1.165) is 5.75 Å². The maximum Gasteiger partial charge on any atom is 0.227 e. The molecule has 0 aliphatic carbocycles. The zero-order valence-electron chi connectivity index (χ0n) is 8.03. The van der Waals surface area contributed by atoms with Crippen molar-refractivity contribution >= 4 is 29.4 Å². The number of carbonyl (C=O) groups excluding carboxylic acids is 1. The lowest BCUT2D eigenvalue weighted by atomic mass is 10.2. The van der Waals surface area contributed by atoms with Crippen LogP contribution >= 0.6 is 23.5 Å². The van der Waals surface area contributed by atoms with Gasteiger partial charge in [0.1, 0.15) is 0 Å². The lowest BCUT2D eigenvalue weighted by Crippen LogP contribution is -2.13. The summed E-state index contributed by atoms with van der Waals surface area (Å²) in [6.07, 6.45) is 2.05. The maximum atomic E-state index is 10.5. The highest BCUT2D eigenvalue weighted by atomic mass is 32.2. The van der Waals surface area contributed by atoms with E-state index in [1.165, 1.54) is 10.5 Å². The number of amides is 1. The van der Waals surface area contributed by atoms with Crippen LogP contribution in [0.5, 0.6) is 0 Å². The molecule has 4 heteroatoms. The largest absolute Gasteiger partial charge is 0.369 e. The van der Waals surface area contributed by atoms with Gasteiger partial charge in [0.25, 0.3) is 0 Å². The van der Waals surface area contributed by atoms with Gasteiger partial charge in [-0.2, -0.15) is 0 Å². The summed E-state index contributed by atoms with van der Waals surface area (Å²) in [5.74, 6) is 0.984. The molecular weight excluding hydrogens is 214 g/mol. The van der Waals surface area contributed by atoms with Crippen molar-refractivity contribution in [3.8, 4) is 0 Å². The Morgan fingerprint density at radius 2 is 2.00 bits per heavy atom. The molecule has 1 rings (SSSR count). The summed E-state index contributed by atoms with van der Waals surface area (Å²) in [7, 11) is 0. The molecule has 1 amide bonds. The molecule has 14 heavy (non-hydrogen) atoms. The van der Waals surface area contributed by atoms with Crippen molar-refractivity contribution in [2.75, 3.05) is 12.0 Å².